The van der Waals surface area contributed by atoms with Gasteiger partial charge in [0.15, 0.2) is 5.00 Å². The van der Waals surface area contributed by atoms with E-state index in [1.165, 1.54) is 6.92 Å². The topological polar surface area (TPSA) is 112 Å². The molecule has 10 heteroatoms. The van der Waals surface area contributed by atoms with Crippen LogP contribution in [0.15, 0.2) is 52.7 Å². The molecule has 0 aliphatic rings. The lowest BCUT2D eigenvalue weighted by molar-refractivity contribution is -0.114. The molecule has 0 saturated carbocycles. The highest BCUT2D eigenvalue weighted by atomic mass is 32.1. The van der Waals surface area contributed by atoms with Gasteiger partial charge in [-0.2, -0.15) is 9.64 Å². The van der Waals surface area contributed by atoms with Gasteiger partial charge < -0.3 is 19.7 Å². The number of likely N-dealkylation sites (N-methyl/N-ethyl adjacent to an activating group) is 1. The van der Waals surface area contributed by atoms with Crippen LogP contribution in [0.4, 0.5) is 22.1 Å². The maximum Gasteiger partial charge on any atom is 0.221 e. The number of rotatable bonds is 10. The fourth-order valence-electron chi connectivity index (χ4n) is 3.17. The molecule has 0 saturated heterocycles. The second-order valence-electron chi connectivity index (χ2n) is 7.25. The Labute approximate surface area is 202 Å². The molecule has 3 aromatic rings. The minimum Gasteiger partial charge on any atom is -0.497 e. The van der Waals surface area contributed by atoms with Gasteiger partial charge in [0.2, 0.25) is 5.91 Å². The van der Waals surface area contributed by atoms with Crippen LogP contribution in [0.2, 0.25) is 0 Å². The normalized spacial score (nSPS) is 10.7. The second-order valence-corrected chi connectivity index (χ2v) is 8.00. The zero-order valence-electron chi connectivity index (χ0n) is 19.5. The van der Waals surface area contributed by atoms with Crippen molar-refractivity contribution in [1.29, 1.82) is 5.26 Å². The van der Waals surface area contributed by atoms with E-state index in [-0.39, 0.29) is 5.91 Å². The first kappa shape index (κ1) is 24.7. The summed E-state index contributed by atoms with van der Waals surface area (Å²) < 4.78 is 15.2. The SMILES string of the molecule is CCN(CCOc1ccc(OC)cc1)c1ccc(N=Nc2snc(C)c2C#N)c(NC(C)=O)c1. The van der Waals surface area contributed by atoms with Crippen molar-refractivity contribution >= 4 is 39.5 Å². The van der Waals surface area contributed by atoms with Crippen LogP contribution in [0.3, 0.4) is 0 Å². The van der Waals surface area contributed by atoms with Crippen LogP contribution in [-0.2, 0) is 4.79 Å². The van der Waals surface area contributed by atoms with E-state index >= 15 is 0 Å². The van der Waals surface area contributed by atoms with E-state index in [1.54, 1.807) is 20.1 Å². The molecule has 0 aliphatic heterocycles. The minimum atomic E-state index is -0.217. The molecule has 0 bridgehead atoms. The van der Waals surface area contributed by atoms with Crippen molar-refractivity contribution in [2.45, 2.75) is 20.8 Å². The zero-order valence-corrected chi connectivity index (χ0v) is 20.3. The van der Waals surface area contributed by atoms with E-state index < -0.39 is 0 Å². The second kappa shape index (κ2) is 11.8. The van der Waals surface area contributed by atoms with Gasteiger partial charge in [-0.1, -0.05) is 0 Å². The number of carbonyl (C=O) groups is 1. The van der Waals surface area contributed by atoms with Crippen LogP contribution in [0.5, 0.6) is 11.5 Å². The summed E-state index contributed by atoms with van der Waals surface area (Å²) in [4.78, 5) is 13.9. The molecule has 1 amide bonds. The number of nitriles is 1. The number of nitrogens with zero attached hydrogens (tertiary/aromatic N) is 5. The van der Waals surface area contributed by atoms with Gasteiger partial charge in [-0.05, 0) is 67.8 Å². The maximum atomic E-state index is 11.8. The van der Waals surface area contributed by atoms with Crippen molar-refractivity contribution in [3.8, 4) is 17.6 Å². The predicted molar refractivity (Wildman–Crippen MR) is 133 cm³/mol. The van der Waals surface area contributed by atoms with E-state index in [0.717, 1.165) is 35.3 Å². The van der Waals surface area contributed by atoms with Gasteiger partial charge in [0.05, 0.1) is 25.0 Å². The Kier molecular flexibility index (Phi) is 8.54. The number of aromatic nitrogens is 1. The fourth-order valence-corrected chi connectivity index (χ4v) is 3.84. The summed E-state index contributed by atoms with van der Waals surface area (Å²) in [7, 11) is 1.63. The number of carbonyl (C=O) groups excluding carboxylic acids is 1. The minimum absolute atomic E-state index is 0.217. The van der Waals surface area contributed by atoms with E-state index in [1.807, 2.05) is 36.4 Å². The summed E-state index contributed by atoms with van der Waals surface area (Å²) in [6.07, 6.45) is 0. The summed E-state index contributed by atoms with van der Waals surface area (Å²) in [5.41, 5.74) is 2.95. The number of amides is 1. The summed E-state index contributed by atoms with van der Waals surface area (Å²) >= 11 is 1.11. The van der Waals surface area contributed by atoms with E-state index in [4.69, 9.17) is 9.47 Å². The third-order valence-corrected chi connectivity index (χ3v) is 5.76. The molecule has 0 spiro atoms. The van der Waals surface area contributed by atoms with Gasteiger partial charge in [0.25, 0.3) is 0 Å². The van der Waals surface area contributed by atoms with Crippen LogP contribution in [0.25, 0.3) is 0 Å². The zero-order chi connectivity index (χ0) is 24.5. The van der Waals surface area contributed by atoms with Crippen LogP contribution >= 0.6 is 11.5 Å². The molecular weight excluding hydrogens is 452 g/mol. The molecule has 3 rings (SSSR count). The first-order valence-corrected chi connectivity index (χ1v) is 11.4. The van der Waals surface area contributed by atoms with Crippen LogP contribution in [0.1, 0.15) is 25.1 Å². The van der Waals surface area contributed by atoms with Gasteiger partial charge in [-0.3, -0.25) is 4.79 Å². The van der Waals surface area contributed by atoms with Crippen molar-refractivity contribution in [2.24, 2.45) is 10.2 Å². The lowest BCUT2D eigenvalue weighted by Crippen LogP contribution is -2.28. The average molecular weight is 479 g/mol. The first-order valence-electron chi connectivity index (χ1n) is 10.7. The average Bonchev–Trinajstić information content (AvgIpc) is 3.20. The van der Waals surface area contributed by atoms with Crippen molar-refractivity contribution in [2.75, 3.05) is 37.0 Å². The molecule has 1 heterocycles. The van der Waals surface area contributed by atoms with E-state index in [2.05, 4.69) is 37.8 Å². The Bertz CT molecular complexity index is 1200. The van der Waals surface area contributed by atoms with Crippen molar-refractivity contribution < 1.29 is 14.3 Å². The highest BCUT2D eigenvalue weighted by Crippen LogP contribution is 2.34. The van der Waals surface area contributed by atoms with Crippen molar-refractivity contribution in [3.05, 3.63) is 53.7 Å². The van der Waals surface area contributed by atoms with Gasteiger partial charge in [-0.25, -0.2) is 0 Å². The molecule has 176 valence electrons. The number of ether oxygens (including phenoxy) is 2. The largest absolute Gasteiger partial charge is 0.497 e. The Morgan fingerprint density at radius 2 is 1.94 bits per heavy atom. The van der Waals surface area contributed by atoms with Crippen molar-refractivity contribution in [1.82, 2.24) is 4.37 Å². The number of azo groups is 1. The maximum absolute atomic E-state index is 11.8. The van der Waals surface area contributed by atoms with Gasteiger partial charge in [0.1, 0.15) is 35.4 Å². The smallest absolute Gasteiger partial charge is 0.221 e. The van der Waals surface area contributed by atoms with Crippen molar-refractivity contribution in [3.63, 3.8) is 0 Å². The third-order valence-electron chi connectivity index (χ3n) is 4.93. The summed E-state index contributed by atoms with van der Waals surface area (Å²) in [6.45, 7) is 7.12. The number of nitrogens with one attached hydrogen (secondary N) is 1. The molecule has 0 radical (unpaired) electrons. The molecule has 0 aliphatic carbocycles. The molecule has 0 fully saturated rings. The number of anilines is 2. The van der Waals surface area contributed by atoms with Gasteiger partial charge >= 0.3 is 0 Å². The molecular formula is C24H26N6O3S. The Hall–Kier alpha value is -3.97. The Morgan fingerprint density at radius 3 is 2.59 bits per heavy atom. The highest BCUT2D eigenvalue weighted by molar-refractivity contribution is 7.10. The predicted octanol–water partition coefficient (Wildman–Crippen LogP) is 5.61. The fraction of sp³-hybridized carbons (Fsp3) is 0.292. The molecule has 1 aromatic heterocycles. The number of aryl methyl sites for hydroxylation is 1. The molecule has 0 atom stereocenters. The molecule has 2 aromatic carbocycles. The molecule has 0 unspecified atom stereocenters. The van der Waals surface area contributed by atoms with Gasteiger partial charge in [0, 0.05) is 19.2 Å². The number of benzene rings is 2. The standard InChI is InChI=1S/C24H26N6O3S/c1-5-30(12-13-33-20-9-7-19(32-4)8-10-20)18-6-11-22(23(14-18)26-17(3)31)27-28-24-21(15-25)16(2)29-34-24/h6-11,14H,5,12-13H2,1-4H3,(H,26,31). The number of hydrogen-bond acceptors (Lipinski definition) is 9. The lowest BCUT2D eigenvalue weighted by Gasteiger charge is -2.24. The molecule has 1 N–H and O–H groups in total. The lowest BCUT2D eigenvalue weighted by atomic mass is 10.2. The summed E-state index contributed by atoms with van der Waals surface area (Å²) in [5.74, 6) is 1.33. The molecule has 34 heavy (non-hydrogen) atoms. The highest BCUT2D eigenvalue weighted by Gasteiger charge is 2.12. The summed E-state index contributed by atoms with van der Waals surface area (Å²) in [5, 5.41) is 21.0. The van der Waals surface area contributed by atoms with Crippen LogP contribution in [0, 0.1) is 18.3 Å². The monoisotopic (exact) mass is 478 g/mol. The Morgan fingerprint density at radius 1 is 1.21 bits per heavy atom. The molecule has 9 nitrogen and oxygen atoms in total. The van der Waals surface area contributed by atoms with Crippen LogP contribution in [-0.4, -0.2) is 37.1 Å². The van der Waals surface area contributed by atoms with E-state index in [9.17, 15) is 10.1 Å². The number of methoxy groups -OCH3 is 1. The summed E-state index contributed by atoms with van der Waals surface area (Å²) in [6, 6.07) is 15.1. The van der Waals surface area contributed by atoms with Gasteiger partial charge in [-0.15, -0.1) is 10.2 Å². The first-order chi connectivity index (χ1) is 16.4. The third kappa shape index (κ3) is 6.30. The van der Waals surface area contributed by atoms with E-state index in [0.29, 0.717) is 40.8 Å². The Balaban J connectivity index is 1.75. The number of hydrogen-bond donors (Lipinski definition) is 1. The quantitative estimate of drug-likeness (QED) is 0.379. The van der Waals surface area contributed by atoms with Crippen LogP contribution < -0.4 is 19.7 Å².